The summed E-state index contributed by atoms with van der Waals surface area (Å²) in [6.45, 7) is 2.50. The molecule has 6 heteroatoms. The first kappa shape index (κ1) is 16.8. The fourth-order valence-electron chi connectivity index (χ4n) is 1.89. The van der Waals surface area contributed by atoms with E-state index in [1.54, 1.807) is 13.3 Å². The molecule has 2 N–H and O–H groups in total. The van der Waals surface area contributed by atoms with Gasteiger partial charge in [0.05, 0.1) is 19.9 Å². The predicted octanol–water partition coefficient (Wildman–Crippen LogP) is 3.41. The first-order chi connectivity index (χ1) is 11.2. The third kappa shape index (κ3) is 5.27. The van der Waals surface area contributed by atoms with Crippen LogP contribution in [0.1, 0.15) is 12.5 Å². The summed E-state index contributed by atoms with van der Waals surface area (Å²) in [5.41, 5.74) is 4.56. The fraction of sp³-hybridized carbons (Fsp3) is 0.176. The Balaban J connectivity index is 1.94. The molecular weight excluding hydrogens is 310 g/mol. The Morgan fingerprint density at radius 1 is 1.17 bits per heavy atom. The molecule has 0 aromatic heterocycles. The van der Waals surface area contributed by atoms with E-state index in [0.29, 0.717) is 23.2 Å². The van der Waals surface area contributed by atoms with Crippen molar-refractivity contribution in [3.63, 3.8) is 0 Å². The average Bonchev–Trinajstić information content (AvgIpc) is 2.56. The zero-order valence-corrected chi connectivity index (χ0v) is 13.9. The summed E-state index contributed by atoms with van der Waals surface area (Å²) in [6.07, 6.45) is 1.67. The van der Waals surface area contributed by atoms with Gasteiger partial charge < -0.3 is 14.8 Å². The molecule has 0 aliphatic carbocycles. The minimum atomic E-state index is 0.422. The number of anilines is 1. The monoisotopic (exact) mass is 329 g/mol. The van der Waals surface area contributed by atoms with Crippen molar-refractivity contribution in [1.29, 1.82) is 0 Å². The molecule has 0 atom stereocenters. The van der Waals surface area contributed by atoms with Crippen molar-refractivity contribution in [2.45, 2.75) is 6.92 Å². The van der Waals surface area contributed by atoms with Gasteiger partial charge in [0.1, 0.15) is 0 Å². The van der Waals surface area contributed by atoms with Gasteiger partial charge in [0.15, 0.2) is 16.6 Å². The molecule has 2 rings (SSSR count). The molecule has 0 radical (unpaired) electrons. The van der Waals surface area contributed by atoms with Gasteiger partial charge in [-0.3, -0.25) is 5.43 Å². The number of hydrogen-bond acceptors (Lipinski definition) is 4. The maximum atomic E-state index is 5.53. The molecule has 0 fully saturated rings. The van der Waals surface area contributed by atoms with Gasteiger partial charge in [-0.25, -0.2) is 0 Å². The molecule has 0 aliphatic rings. The number of rotatable bonds is 6. The van der Waals surface area contributed by atoms with Crippen molar-refractivity contribution in [3.8, 4) is 11.5 Å². The first-order valence-corrected chi connectivity index (χ1v) is 7.59. The highest BCUT2D eigenvalue weighted by Crippen LogP contribution is 2.27. The van der Waals surface area contributed by atoms with E-state index in [9.17, 15) is 0 Å². The zero-order chi connectivity index (χ0) is 16.5. The summed E-state index contributed by atoms with van der Waals surface area (Å²) < 4.78 is 10.8. The number of thiocarbonyl (C=S) groups is 1. The summed E-state index contributed by atoms with van der Waals surface area (Å²) in [7, 11) is 1.61. The van der Waals surface area contributed by atoms with Crippen LogP contribution in [-0.4, -0.2) is 25.0 Å². The van der Waals surface area contributed by atoms with Crippen LogP contribution in [0.15, 0.2) is 53.6 Å². The summed E-state index contributed by atoms with van der Waals surface area (Å²) >= 11 is 5.18. The summed E-state index contributed by atoms with van der Waals surface area (Å²) in [6, 6.07) is 15.3. The van der Waals surface area contributed by atoms with E-state index in [0.717, 1.165) is 11.3 Å². The number of para-hydroxylation sites is 1. The second kappa shape index (κ2) is 8.75. The van der Waals surface area contributed by atoms with Crippen LogP contribution in [0, 0.1) is 0 Å². The molecule has 0 aliphatic heterocycles. The molecule has 23 heavy (non-hydrogen) atoms. The Hall–Kier alpha value is -2.60. The van der Waals surface area contributed by atoms with Gasteiger partial charge >= 0.3 is 0 Å². The smallest absolute Gasteiger partial charge is 0.191 e. The van der Waals surface area contributed by atoms with Crippen LogP contribution in [0.4, 0.5) is 5.69 Å². The normalized spacial score (nSPS) is 10.3. The lowest BCUT2D eigenvalue weighted by atomic mass is 10.2. The topological polar surface area (TPSA) is 54.9 Å². The lowest BCUT2D eigenvalue weighted by Crippen LogP contribution is -2.23. The number of hydrazone groups is 1. The van der Waals surface area contributed by atoms with Crippen molar-refractivity contribution in [2.75, 3.05) is 19.0 Å². The largest absolute Gasteiger partial charge is 0.493 e. The van der Waals surface area contributed by atoms with Gasteiger partial charge in [-0.15, -0.1) is 0 Å². The van der Waals surface area contributed by atoms with Crippen molar-refractivity contribution in [3.05, 3.63) is 54.1 Å². The van der Waals surface area contributed by atoms with Crippen LogP contribution in [0.3, 0.4) is 0 Å². The van der Waals surface area contributed by atoms with Crippen LogP contribution in [0.25, 0.3) is 0 Å². The number of nitrogens with zero attached hydrogens (tertiary/aromatic N) is 1. The van der Waals surface area contributed by atoms with Crippen molar-refractivity contribution < 1.29 is 9.47 Å². The molecule has 0 unspecified atom stereocenters. The highest BCUT2D eigenvalue weighted by Gasteiger charge is 2.04. The maximum absolute atomic E-state index is 5.53. The second-order valence-corrected chi connectivity index (χ2v) is 4.94. The van der Waals surface area contributed by atoms with Crippen LogP contribution >= 0.6 is 12.2 Å². The van der Waals surface area contributed by atoms with Crippen LogP contribution in [0.2, 0.25) is 0 Å². The third-order valence-electron chi connectivity index (χ3n) is 2.90. The SMILES string of the molecule is CCOc1cc(/C=N/NC(=S)Nc2ccccc2)ccc1OC. The number of hydrogen-bond donors (Lipinski definition) is 2. The molecule has 0 spiro atoms. The third-order valence-corrected chi connectivity index (χ3v) is 3.09. The lowest BCUT2D eigenvalue weighted by Gasteiger charge is -2.09. The fourth-order valence-corrected chi connectivity index (χ4v) is 2.06. The van der Waals surface area contributed by atoms with Gasteiger partial charge in [0.2, 0.25) is 0 Å². The zero-order valence-electron chi connectivity index (χ0n) is 13.1. The van der Waals surface area contributed by atoms with Crippen LogP contribution in [-0.2, 0) is 0 Å². The van der Waals surface area contributed by atoms with E-state index in [1.165, 1.54) is 0 Å². The van der Waals surface area contributed by atoms with E-state index in [1.807, 2.05) is 55.5 Å². The molecule has 0 saturated heterocycles. The number of nitrogens with one attached hydrogen (secondary N) is 2. The van der Waals surface area contributed by atoms with E-state index >= 15 is 0 Å². The number of ether oxygens (including phenoxy) is 2. The highest BCUT2D eigenvalue weighted by atomic mass is 32.1. The highest BCUT2D eigenvalue weighted by molar-refractivity contribution is 7.80. The van der Waals surface area contributed by atoms with E-state index < -0.39 is 0 Å². The molecule has 0 heterocycles. The Kier molecular flexibility index (Phi) is 6.38. The number of benzene rings is 2. The van der Waals surface area contributed by atoms with Gasteiger partial charge in [-0.05, 0) is 55.0 Å². The van der Waals surface area contributed by atoms with Crippen molar-refractivity contribution in [2.24, 2.45) is 5.10 Å². The lowest BCUT2D eigenvalue weighted by molar-refractivity contribution is 0.311. The molecule has 2 aromatic carbocycles. The summed E-state index contributed by atoms with van der Waals surface area (Å²) in [5.74, 6) is 1.38. The molecule has 0 saturated carbocycles. The van der Waals surface area contributed by atoms with E-state index in [2.05, 4.69) is 15.8 Å². The molecule has 120 valence electrons. The van der Waals surface area contributed by atoms with Crippen LogP contribution < -0.4 is 20.2 Å². The van der Waals surface area contributed by atoms with E-state index in [-0.39, 0.29) is 0 Å². The Morgan fingerprint density at radius 2 is 1.96 bits per heavy atom. The molecule has 5 nitrogen and oxygen atoms in total. The minimum absolute atomic E-state index is 0.422. The van der Waals surface area contributed by atoms with Gasteiger partial charge in [-0.1, -0.05) is 18.2 Å². The van der Waals surface area contributed by atoms with E-state index in [4.69, 9.17) is 21.7 Å². The first-order valence-electron chi connectivity index (χ1n) is 7.19. The molecule has 0 amide bonds. The summed E-state index contributed by atoms with van der Waals surface area (Å²) in [5, 5.41) is 7.58. The van der Waals surface area contributed by atoms with Crippen LogP contribution in [0.5, 0.6) is 11.5 Å². The standard InChI is InChI=1S/C17H19N3O2S/c1-3-22-16-11-13(9-10-15(16)21-2)12-18-20-17(23)19-14-7-5-4-6-8-14/h4-12H,3H2,1-2H3,(H2,19,20,23)/b18-12+. The average molecular weight is 329 g/mol. The van der Waals surface area contributed by atoms with Gasteiger partial charge in [-0.2, -0.15) is 5.10 Å². The Morgan fingerprint density at radius 3 is 2.65 bits per heavy atom. The molecule has 0 bridgehead atoms. The number of methoxy groups -OCH3 is 1. The van der Waals surface area contributed by atoms with Crippen molar-refractivity contribution >= 4 is 29.2 Å². The van der Waals surface area contributed by atoms with Crippen molar-refractivity contribution in [1.82, 2.24) is 5.43 Å². The quantitative estimate of drug-likeness (QED) is 0.483. The molecule has 2 aromatic rings. The Labute approximate surface area is 141 Å². The summed E-state index contributed by atoms with van der Waals surface area (Å²) in [4.78, 5) is 0. The predicted molar refractivity (Wildman–Crippen MR) is 97.6 cm³/mol. The van der Waals surface area contributed by atoms with Gasteiger partial charge in [0, 0.05) is 5.69 Å². The molecular formula is C17H19N3O2S. The Bertz CT molecular complexity index is 675. The second-order valence-electron chi connectivity index (χ2n) is 4.53. The van der Waals surface area contributed by atoms with Gasteiger partial charge in [0.25, 0.3) is 0 Å². The maximum Gasteiger partial charge on any atom is 0.191 e. The minimum Gasteiger partial charge on any atom is -0.493 e.